The van der Waals surface area contributed by atoms with Gasteiger partial charge in [-0.3, -0.25) is 19.7 Å². The van der Waals surface area contributed by atoms with Crippen molar-refractivity contribution in [2.75, 3.05) is 6.61 Å². The predicted molar refractivity (Wildman–Crippen MR) is 86.9 cm³/mol. The number of aryl methyl sites for hydroxylation is 1. The summed E-state index contributed by atoms with van der Waals surface area (Å²) in [6.45, 7) is 2.16. The second kappa shape index (κ2) is 9.94. The Labute approximate surface area is 139 Å². The first-order valence-corrected chi connectivity index (χ1v) is 7.95. The monoisotopic (exact) mass is 341 g/mol. The van der Waals surface area contributed by atoms with E-state index in [0.29, 0.717) is 31.3 Å². The second-order valence-corrected chi connectivity index (χ2v) is 5.53. The number of hydrogen-bond donors (Lipinski definition) is 0. The van der Waals surface area contributed by atoms with Crippen molar-refractivity contribution in [3.8, 4) is 0 Å². The van der Waals surface area contributed by atoms with Crippen molar-refractivity contribution in [1.29, 1.82) is 0 Å². The maximum absolute atomic E-state index is 11.2. The van der Waals surface area contributed by atoms with E-state index in [1.807, 2.05) is 0 Å². The quantitative estimate of drug-likeness (QED) is 0.210. The van der Waals surface area contributed by atoms with Crippen molar-refractivity contribution in [2.45, 2.75) is 45.4 Å². The molecule has 0 fully saturated rings. The minimum absolute atomic E-state index is 0.0888. The molecule has 0 atom stereocenters. The smallest absolute Gasteiger partial charge is 0.305 e. The molecule has 0 aliphatic heterocycles. The predicted octanol–water partition coefficient (Wildman–Crippen LogP) is 4.12. The molecule has 6 nitrogen and oxygen atoms in total. The van der Waals surface area contributed by atoms with Gasteiger partial charge in [-0.15, -0.1) is 0 Å². The Bertz CT molecular complexity index is 574. The van der Waals surface area contributed by atoms with Crippen molar-refractivity contribution < 1.29 is 19.2 Å². The summed E-state index contributed by atoms with van der Waals surface area (Å²) >= 11 is 5.88. The SMILES string of the molecule is CCOC(=O)CCCCCCc1cc(Cl)cc([N+](=O)[O-])c1C=O. The molecule has 0 saturated heterocycles. The fraction of sp³-hybridized carbons (Fsp3) is 0.500. The summed E-state index contributed by atoms with van der Waals surface area (Å²) < 4.78 is 4.84. The molecule has 0 N–H and O–H groups in total. The molecule has 0 aromatic heterocycles. The van der Waals surface area contributed by atoms with Crippen molar-refractivity contribution in [2.24, 2.45) is 0 Å². The van der Waals surface area contributed by atoms with Gasteiger partial charge in [0.2, 0.25) is 0 Å². The van der Waals surface area contributed by atoms with Crippen LogP contribution in [0.2, 0.25) is 5.02 Å². The summed E-state index contributed by atoms with van der Waals surface area (Å²) in [5.41, 5.74) is 0.417. The van der Waals surface area contributed by atoms with Crippen molar-refractivity contribution in [3.63, 3.8) is 0 Å². The fourth-order valence-corrected chi connectivity index (χ4v) is 2.56. The van der Waals surface area contributed by atoms with Crippen LogP contribution < -0.4 is 0 Å². The zero-order chi connectivity index (χ0) is 17.2. The molecule has 0 amide bonds. The summed E-state index contributed by atoms with van der Waals surface area (Å²) in [5, 5.41) is 11.2. The van der Waals surface area contributed by atoms with Crippen LogP contribution in [0.3, 0.4) is 0 Å². The molecule has 7 heteroatoms. The lowest BCUT2D eigenvalue weighted by Crippen LogP contribution is -2.03. The Kier molecular flexibility index (Phi) is 8.26. The number of nitro benzene ring substituents is 1. The molecule has 0 aliphatic carbocycles. The van der Waals surface area contributed by atoms with Crippen LogP contribution in [0.5, 0.6) is 0 Å². The molecule has 126 valence electrons. The Morgan fingerprint density at radius 1 is 1.30 bits per heavy atom. The second-order valence-electron chi connectivity index (χ2n) is 5.09. The van der Waals surface area contributed by atoms with Gasteiger partial charge < -0.3 is 4.74 Å². The zero-order valence-corrected chi connectivity index (χ0v) is 13.8. The van der Waals surface area contributed by atoms with Gasteiger partial charge in [-0.25, -0.2) is 0 Å². The third kappa shape index (κ3) is 6.36. The first-order valence-electron chi connectivity index (χ1n) is 7.57. The average Bonchev–Trinajstić information content (AvgIpc) is 2.50. The normalized spacial score (nSPS) is 10.3. The molecule has 1 aromatic rings. The highest BCUT2D eigenvalue weighted by atomic mass is 35.5. The van der Waals surface area contributed by atoms with E-state index in [0.717, 1.165) is 25.7 Å². The van der Waals surface area contributed by atoms with E-state index in [9.17, 15) is 19.7 Å². The van der Waals surface area contributed by atoms with E-state index >= 15 is 0 Å². The van der Waals surface area contributed by atoms with Gasteiger partial charge in [0.1, 0.15) is 0 Å². The highest BCUT2D eigenvalue weighted by Crippen LogP contribution is 2.27. The van der Waals surface area contributed by atoms with Crippen molar-refractivity contribution in [1.82, 2.24) is 0 Å². The van der Waals surface area contributed by atoms with Crippen LogP contribution in [0.15, 0.2) is 12.1 Å². The van der Waals surface area contributed by atoms with E-state index in [4.69, 9.17) is 16.3 Å². The van der Waals surface area contributed by atoms with Crippen LogP contribution in [0.25, 0.3) is 0 Å². The van der Waals surface area contributed by atoms with Gasteiger partial charge in [0.25, 0.3) is 5.69 Å². The molecular formula is C16H20ClNO5. The third-order valence-corrected chi connectivity index (χ3v) is 3.62. The molecule has 1 rings (SSSR count). The molecule has 23 heavy (non-hydrogen) atoms. The standard InChI is InChI=1S/C16H20ClNO5/c1-2-23-16(20)8-6-4-3-5-7-12-9-13(17)10-15(18(21)22)14(12)11-19/h9-11H,2-8H2,1H3. The van der Waals surface area contributed by atoms with Crippen LogP contribution in [-0.2, 0) is 16.0 Å². The van der Waals surface area contributed by atoms with Crippen LogP contribution in [0.4, 0.5) is 5.69 Å². The molecule has 0 radical (unpaired) electrons. The maximum Gasteiger partial charge on any atom is 0.305 e. The van der Waals surface area contributed by atoms with Crippen LogP contribution in [0, 0.1) is 10.1 Å². The van der Waals surface area contributed by atoms with Crippen molar-refractivity contribution in [3.05, 3.63) is 38.4 Å². The number of hydrogen-bond acceptors (Lipinski definition) is 5. The Hall–Kier alpha value is -1.95. The van der Waals surface area contributed by atoms with Crippen LogP contribution in [-0.4, -0.2) is 23.8 Å². The highest BCUT2D eigenvalue weighted by molar-refractivity contribution is 6.31. The van der Waals surface area contributed by atoms with E-state index in [-0.39, 0.29) is 22.2 Å². The molecule has 1 aromatic carbocycles. The van der Waals surface area contributed by atoms with Gasteiger partial charge in [-0.2, -0.15) is 0 Å². The van der Waals surface area contributed by atoms with E-state index in [1.54, 1.807) is 13.0 Å². The first kappa shape index (κ1) is 19.1. The minimum Gasteiger partial charge on any atom is -0.466 e. The molecule has 0 unspecified atom stereocenters. The minimum atomic E-state index is -0.599. The summed E-state index contributed by atoms with van der Waals surface area (Å²) in [6, 6.07) is 2.78. The van der Waals surface area contributed by atoms with E-state index < -0.39 is 4.92 Å². The average molecular weight is 342 g/mol. The largest absolute Gasteiger partial charge is 0.466 e. The van der Waals surface area contributed by atoms with Gasteiger partial charge in [0.05, 0.1) is 17.1 Å². The van der Waals surface area contributed by atoms with E-state index in [1.165, 1.54) is 6.07 Å². The number of unbranched alkanes of at least 4 members (excludes halogenated alkanes) is 3. The fourth-order valence-electron chi connectivity index (χ4n) is 2.32. The van der Waals surface area contributed by atoms with Crippen LogP contribution >= 0.6 is 11.6 Å². The number of nitrogens with zero attached hydrogens (tertiary/aromatic N) is 1. The lowest BCUT2D eigenvalue weighted by atomic mass is 10.00. The lowest BCUT2D eigenvalue weighted by molar-refractivity contribution is -0.385. The number of rotatable bonds is 10. The molecule has 0 aliphatic rings. The maximum atomic E-state index is 11.2. The summed E-state index contributed by atoms with van der Waals surface area (Å²) in [4.78, 5) is 32.7. The van der Waals surface area contributed by atoms with Gasteiger partial charge in [0, 0.05) is 17.5 Å². The summed E-state index contributed by atoms with van der Waals surface area (Å²) in [5.74, 6) is -0.193. The topological polar surface area (TPSA) is 86.5 Å². The molecule has 0 bridgehead atoms. The zero-order valence-electron chi connectivity index (χ0n) is 13.0. The van der Waals surface area contributed by atoms with Crippen LogP contribution in [0.1, 0.15) is 54.9 Å². The Morgan fingerprint density at radius 2 is 2.00 bits per heavy atom. The summed E-state index contributed by atoms with van der Waals surface area (Å²) in [7, 11) is 0. The van der Waals surface area contributed by atoms with Gasteiger partial charge in [0.15, 0.2) is 6.29 Å². The summed E-state index contributed by atoms with van der Waals surface area (Å²) in [6.07, 6.45) is 4.67. The van der Waals surface area contributed by atoms with Gasteiger partial charge >= 0.3 is 5.97 Å². The third-order valence-electron chi connectivity index (χ3n) is 3.41. The van der Waals surface area contributed by atoms with Gasteiger partial charge in [-0.05, 0) is 37.8 Å². The number of aldehydes is 1. The Morgan fingerprint density at radius 3 is 2.61 bits per heavy atom. The number of ether oxygens (including phenoxy) is 1. The van der Waals surface area contributed by atoms with E-state index in [2.05, 4.69) is 0 Å². The van der Waals surface area contributed by atoms with Crippen molar-refractivity contribution >= 4 is 29.5 Å². The lowest BCUT2D eigenvalue weighted by Gasteiger charge is -2.07. The number of benzene rings is 1. The highest BCUT2D eigenvalue weighted by Gasteiger charge is 2.18. The first-order chi connectivity index (χ1) is 11.0. The molecule has 0 saturated carbocycles. The van der Waals surface area contributed by atoms with Gasteiger partial charge in [-0.1, -0.05) is 24.4 Å². The Balaban J connectivity index is 2.50. The number of esters is 1. The molecular weight excluding hydrogens is 322 g/mol. The number of halogens is 1. The number of nitro groups is 1. The number of carbonyl (C=O) groups excluding carboxylic acids is 2. The molecule has 0 heterocycles. The molecule has 0 spiro atoms. The number of carbonyl (C=O) groups is 2.